The fourth-order valence-electron chi connectivity index (χ4n) is 6.19. The summed E-state index contributed by atoms with van der Waals surface area (Å²) in [5.41, 5.74) is 1.48. The number of aromatic nitrogens is 3. The van der Waals surface area contributed by atoms with E-state index in [0.717, 1.165) is 5.52 Å². The monoisotopic (exact) mass is 499 g/mol. The van der Waals surface area contributed by atoms with Crippen LogP contribution in [0.3, 0.4) is 0 Å². The average molecular weight is 500 g/mol. The molecule has 6 atom stereocenters. The number of fused-ring (bicyclic) bond motifs is 2. The molecule has 3 aliphatic rings. The van der Waals surface area contributed by atoms with Gasteiger partial charge in [-0.1, -0.05) is 30.3 Å². The van der Waals surface area contributed by atoms with Crippen LogP contribution in [0.15, 0.2) is 36.9 Å². The Labute approximate surface area is 206 Å². The highest BCUT2D eigenvalue weighted by molar-refractivity contribution is 8.02. The van der Waals surface area contributed by atoms with Crippen LogP contribution in [0.4, 0.5) is 0 Å². The summed E-state index contributed by atoms with van der Waals surface area (Å²) in [6.45, 7) is 5.69. The van der Waals surface area contributed by atoms with Gasteiger partial charge in [-0.3, -0.25) is 14.4 Å². The van der Waals surface area contributed by atoms with Crippen LogP contribution in [-0.2, 0) is 21.1 Å². The Bertz CT molecular complexity index is 1180. The largest absolute Gasteiger partial charge is 0.481 e. The molecule has 0 radical (unpaired) electrons. The van der Waals surface area contributed by atoms with Crippen molar-refractivity contribution in [2.45, 2.75) is 54.9 Å². The van der Waals surface area contributed by atoms with Crippen LogP contribution in [0.1, 0.15) is 26.2 Å². The Morgan fingerprint density at radius 2 is 2.17 bits per heavy atom. The van der Waals surface area contributed by atoms with Crippen LogP contribution in [0.2, 0.25) is 0 Å². The van der Waals surface area contributed by atoms with Crippen LogP contribution in [0, 0.1) is 11.8 Å². The molecule has 35 heavy (non-hydrogen) atoms. The Morgan fingerprint density at radius 3 is 2.86 bits per heavy atom. The van der Waals surface area contributed by atoms with Gasteiger partial charge in [-0.25, -0.2) is 4.68 Å². The van der Waals surface area contributed by atoms with E-state index in [1.807, 2.05) is 31.2 Å². The van der Waals surface area contributed by atoms with E-state index in [2.05, 4.69) is 16.9 Å². The number of carboxylic acid groups (broad SMARTS) is 1. The first-order chi connectivity index (χ1) is 16.9. The number of carbonyl (C=O) groups excluding carboxylic acids is 2. The maximum absolute atomic E-state index is 14.3. The molecule has 2 aromatic rings. The second-order valence-corrected chi connectivity index (χ2v) is 11.1. The molecule has 2 amide bonds. The molecule has 10 nitrogen and oxygen atoms in total. The summed E-state index contributed by atoms with van der Waals surface area (Å²) >= 11 is 1.48. The summed E-state index contributed by atoms with van der Waals surface area (Å²) in [5.74, 6) is -3.23. The summed E-state index contributed by atoms with van der Waals surface area (Å²) in [5, 5.41) is 28.2. The molecule has 11 heteroatoms. The molecule has 2 bridgehead atoms. The molecule has 4 heterocycles. The lowest BCUT2D eigenvalue weighted by Crippen LogP contribution is -2.57. The molecule has 1 aromatic heterocycles. The zero-order valence-corrected chi connectivity index (χ0v) is 20.3. The van der Waals surface area contributed by atoms with Gasteiger partial charge in [-0.2, -0.15) is 0 Å². The number of amides is 2. The third kappa shape index (κ3) is 3.47. The number of thioether (sulfide) groups is 1. The molecular weight excluding hydrogens is 470 g/mol. The zero-order valence-electron chi connectivity index (χ0n) is 19.5. The van der Waals surface area contributed by atoms with Gasteiger partial charge in [0.25, 0.3) is 0 Å². The van der Waals surface area contributed by atoms with Gasteiger partial charge in [0, 0.05) is 11.8 Å². The number of benzene rings is 1. The summed E-state index contributed by atoms with van der Waals surface area (Å²) in [6.07, 6.45) is 3.31. The SMILES string of the molecule is C=CCN(Cn1nnc2ccccc21)C(=O)C1N([C@@H](CC)CO)C(=O)[C@@H]2[C@@H](C(=O)O)[C@H]3CCC12S3. The fraction of sp³-hybridized carbons (Fsp3) is 0.542. The van der Waals surface area contributed by atoms with Crippen molar-refractivity contribution in [1.29, 1.82) is 0 Å². The van der Waals surface area contributed by atoms with E-state index in [9.17, 15) is 24.6 Å². The van der Waals surface area contributed by atoms with Crippen molar-refractivity contribution in [3.05, 3.63) is 36.9 Å². The normalized spacial score (nSPS) is 30.0. The minimum absolute atomic E-state index is 0.108. The van der Waals surface area contributed by atoms with Gasteiger partial charge in [0.2, 0.25) is 11.8 Å². The number of aliphatic carboxylic acids is 1. The minimum atomic E-state index is -0.996. The topological polar surface area (TPSA) is 129 Å². The van der Waals surface area contributed by atoms with E-state index in [-0.39, 0.29) is 36.9 Å². The molecule has 2 N–H and O–H groups in total. The lowest BCUT2D eigenvalue weighted by molar-refractivity contribution is -0.150. The lowest BCUT2D eigenvalue weighted by Gasteiger charge is -2.39. The second kappa shape index (κ2) is 8.94. The van der Waals surface area contributed by atoms with Crippen molar-refractivity contribution in [2.75, 3.05) is 13.2 Å². The second-order valence-electron chi connectivity index (χ2n) is 9.45. The number of aliphatic hydroxyl groups excluding tert-OH is 1. The van der Waals surface area contributed by atoms with Crippen molar-refractivity contribution in [3.63, 3.8) is 0 Å². The summed E-state index contributed by atoms with van der Waals surface area (Å²) < 4.78 is 0.809. The highest BCUT2D eigenvalue weighted by Crippen LogP contribution is 2.66. The maximum atomic E-state index is 14.3. The predicted octanol–water partition coefficient (Wildman–Crippen LogP) is 1.35. The quantitative estimate of drug-likeness (QED) is 0.495. The minimum Gasteiger partial charge on any atom is -0.481 e. The third-order valence-electron chi connectivity index (χ3n) is 7.72. The molecule has 2 unspecified atom stereocenters. The Hall–Kier alpha value is -2.92. The highest BCUT2D eigenvalue weighted by atomic mass is 32.2. The number of hydrogen-bond acceptors (Lipinski definition) is 7. The van der Waals surface area contributed by atoms with E-state index >= 15 is 0 Å². The van der Waals surface area contributed by atoms with Crippen LogP contribution in [-0.4, -0.2) is 88.0 Å². The Kier molecular flexibility index (Phi) is 6.08. The predicted molar refractivity (Wildman–Crippen MR) is 129 cm³/mol. The number of aliphatic hydroxyl groups is 1. The third-order valence-corrected chi connectivity index (χ3v) is 9.67. The smallest absolute Gasteiger partial charge is 0.308 e. The van der Waals surface area contributed by atoms with Crippen molar-refractivity contribution in [3.8, 4) is 0 Å². The first-order valence-electron chi connectivity index (χ1n) is 11.9. The fourth-order valence-corrected chi connectivity index (χ4v) is 8.38. The van der Waals surface area contributed by atoms with E-state index in [0.29, 0.717) is 24.8 Å². The summed E-state index contributed by atoms with van der Waals surface area (Å²) in [7, 11) is 0. The summed E-state index contributed by atoms with van der Waals surface area (Å²) in [6, 6.07) is 6.01. The van der Waals surface area contributed by atoms with Gasteiger partial charge in [0.1, 0.15) is 18.2 Å². The molecule has 0 aliphatic carbocycles. The number of carbonyl (C=O) groups is 3. The molecule has 3 aliphatic heterocycles. The van der Waals surface area contributed by atoms with Gasteiger partial charge in [0.05, 0.1) is 34.7 Å². The average Bonchev–Trinajstić information content (AvgIpc) is 3.59. The van der Waals surface area contributed by atoms with Crippen LogP contribution in [0.5, 0.6) is 0 Å². The van der Waals surface area contributed by atoms with Crippen molar-refractivity contribution in [1.82, 2.24) is 24.8 Å². The molecular formula is C24H29N5O5S. The number of carboxylic acids is 1. The zero-order chi connectivity index (χ0) is 24.9. The van der Waals surface area contributed by atoms with Gasteiger partial charge in [-0.05, 0) is 31.4 Å². The molecule has 1 spiro atoms. The molecule has 186 valence electrons. The standard InChI is InChI=1S/C24H29N5O5S/c1-3-11-27(13-28-16-8-6-5-7-15(16)25-26-28)22(32)20-24-10-9-17(35-24)18(23(33)34)19(24)21(31)29(20)14(4-2)12-30/h3,5-8,14,17-20,30H,1,4,9-13H2,2H3,(H,33,34)/t14-,17+,18-,19-,20?,24?/m0/s1. The first-order valence-corrected chi connectivity index (χ1v) is 12.8. The van der Waals surface area contributed by atoms with E-state index in [1.54, 1.807) is 15.7 Å². The van der Waals surface area contributed by atoms with Crippen molar-refractivity contribution < 1.29 is 24.6 Å². The van der Waals surface area contributed by atoms with Crippen molar-refractivity contribution >= 4 is 40.6 Å². The molecule has 1 aromatic carbocycles. The van der Waals surface area contributed by atoms with E-state index < -0.39 is 34.6 Å². The van der Waals surface area contributed by atoms with E-state index in [4.69, 9.17) is 0 Å². The molecule has 0 saturated carbocycles. The number of rotatable bonds is 9. The van der Waals surface area contributed by atoms with Crippen LogP contribution in [0.25, 0.3) is 11.0 Å². The van der Waals surface area contributed by atoms with Crippen molar-refractivity contribution in [2.24, 2.45) is 11.8 Å². The molecule has 5 rings (SSSR count). The Morgan fingerprint density at radius 1 is 1.40 bits per heavy atom. The van der Waals surface area contributed by atoms with Gasteiger partial charge < -0.3 is 20.0 Å². The molecule has 3 saturated heterocycles. The van der Waals surface area contributed by atoms with Gasteiger partial charge in [-0.15, -0.1) is 23.4 Å². The van der Waals surface area contributed by atoms with Crippen LogP contribution < -0.4 is 0 Å². The van der Waals surface area contributed by atoms with Crippen LogP contribution >= 0.6 is 11.8 Å². The number of hydrogen-bond donors (Lipinski definition) is 2. The van der Waals surface area contributed by atoms with Gasteiger partial charge in [0.15, 0.2) is 0 Å². The number of para-hydroxylation sites is 1. The first kappa shape index (κ1) is 23.8. The number of nitrogens with zero attached hydrogens (tertiary/aromatic N) is 5. The molecule has 3 fully saturated rings. The van der Waals surface area contributed by atoms with E-state index in [1.165, 1.54) is 16.7 Å². The van der Waals surface area contributed by atoms with Gasteiger partial charge >= 0.3 is 5.97 Å². The summed E-state index contributed by atoms with van der Waals surface area (Å²) in [4.78, 5) is 43.3. The maximum Gasteiger partial charge on any atom is 0.308 e. The Balaban J connectivity index is 1.56. The number of likely N-dealkylation sites (tertiary alicyclic amines) is 1. The highest BCUT2D eigenvalue weighted by Gasteiger charge is 2.74. The lowest BCUT2D eigenvalue weighted by atomic mass is 9.71.